The molecule has 140 valence electrons. The number of carbonyl (C=O) groups is 2. The molecule has 1 N–H and O–H groups in total. The Morgan fingerprint density at radius 3 is 2.72 bits per heavy atom. The van der Waals surface area contributed by atoms with E-state index in [2.05, 4.69) is 15.3 Å². The van der Waals surface area contributed by atoms with E-state index in [-0.39, 0.29) is 23.3 Å². The highest BCUT2D eigenvalue weighted by molar-refractivity contribution is 5.96. The molecular formula is C18H31N5O2. The number of anilines is 1. The van der Waals surface area contributed by atoms with Crippen molar-refractivity contribution in [2.24, 2.45) is 5.41 Å². The molecule has 1 aliphatic rings. The lowest BCUT2D eigenvalue weighted by molar-refractivity contribution is -0.138. The van der Waals surface area contributed by atoms with Gasteiger partial charge in [-0.05, 0) is 32.4 Å². The maximum Gasteiger partial charge on any atom is 0.248 e. The Balaban J connectivity index is 1.94. The molecule has 1 saturated heterocycles. The molecule has 1 aliphatic heterocycles. The summed E-state index contributed by atoms with van der Waals surface area (Å²) in [6, 6.07) is 1.41. The van der Waals surface area contributed by atoms with Crippen LogP contribution in [0.2, 0.25) is 0 Å². The molecule has 2 rings (SSSR count). The van der Waals surface area contributed by atoms with Crippen molar-refractivity contribution in [1.82, 2.24) is 19.6 Å². The molecule has 1 aromatic heterocycles. The fourth-order valence-corrected chi connectivity index (χ4v) is 2.96. The summed E-state index contributed by atoms with van der Waals surface area (Å²) in [7, 11) is 4.02. The van der Waals surface area contributed by atoms with Crippen LogP contribution < -0.4 is 5.32 Å². The minimum Gasteiger partial charge on any atom is -0.331 e. The first-order valence-electron chi connectivity index (χ1n) is 8.94. The van der Waals surface area contributed by atoms with E-state index in [1.807, 2.05) is 45.7 Å². The summed E-state index contributed by atoms with van der Waals surface area (Å²) in [4.78, 5) is 28.9. The minimum absolute atomic E-state index is 0.0571. The lowest BCUT2D eigenvalue weighted by atomic mass is 9.91. The number of likely N-dealkylation sites (N-methyl/N-ethyl adjacent to an activating group) is 1. The summed E-state index contributed by atoms with van der Waals surface area (Å²) in [5, 5.41) is 7.24. The number of aromatic nitrogens is 2. The van der Waals surface area contributed by atoms with Gasteiger partial charge in [-0.2, -0.15) is 5.10 Å². The van der Waals surface area contributed by atoms with Gasteiger partial charge in [-0.15, -0.1) is 0 Å². The van der Waals surface area contributed by atoms with E-state index in [4.69, 9.17) is 0 Å². The number of hydrogen-bond acceptors (Lipinski definition) is 4. The highest BCUT2D eigenvalue weighted by Crippen LogP contribution is 2.25. The molecule has 0 radical (unpaired) electrons. The van der Waals surface area contributed by atoms with Crippen LogP contribution in [-0.4, -0.2) is 64.6 Å². The smallest absolute Gasteiger partial charge is 0.248 e. The molecule has 1 aromatic rings. The van der Waals surface area contributed by atoms with Crippen molar-refractivity contribution in [3.05, 3.63) is 12.3 Å². The summed E-state index contributed by atoms with van der Waals surface area (Å²) in [5.41, 5.74) is -0.0775. The zero-order valence-corrected chi connectivity index (χ0v) is 16.1. The van der Waals surface area contributed by atoms with Gasteiger partial charge in [-0.25, -0.2) is 0 Å². The second-order valence-electron chi connectivity index (χ2n) is 8.24. The molecule has 0 aliphatic carbocycles. The van der Waals surface area contributed by atoms with E-state index in [9.17, 15) is 9.59 Å². The minimum atomic E-state index is -0.387. The Kier molecular flexibility index (Phi) is 6.21. The van der Waals surface area contributed by atoms with Crippen LogP contribution in [-0.2, 0) is 16.1 Å². The lowest BCUT2D eigenvalue weighted by Gasteiger charge is -2.27. The first kappa shape index (κ1) is 19.4. The Labute approximate surface area is 150 Å². The molecule has 25 heavy (non-hydrogen) atoms. The quantitative estimate of drug-likeness (QED) is 0.850. The number of nitrogens with one attached hydrogen (secondary N) is 1. The second kappa shape index (κ2) is 7.99. The highest BCUT2D eigenvalue weighted by Gasteiger charge is 2.35. The summed E-state index contributed by atoms with van der Waals surface area (Å²) in [6.45, 7) is 8.42. The van der Waals surface area contributed by atoms with E-state index in [1.54, 1.807) is 11.0 Å². The Bertz CT molecular complexity index is 603. The van der Waals surface area contributed by atoms with Crippen LogP contribution >= 0.6 is 0 Å². The van der Waals surface area contributed by atoms with Crippen molar-refractivity contribution in [2.75, 3.05) is 32.5 Å². The van der Waals surface area contributed by atoms with Gasteiger partial charge in [0, 0.05) is 31.8 Å². The maximum absolute atomic E-state index is 12.6. The molecule has 0 spiro atoms. The van der Waals surface area contributed by atoms with Crippen LogP contribution in [0.5, 0.6) is 0 Å². The van der Waals surface area contributed by atoms with Crippen molar-refractivity contribution in [2.45, 2.75) is 52.6 Å². The average molecular weight is 349 g/mol. The van der Waals surface area contributed by atoms with Crippen LogP contribution in [0.4, 0.5) is 5.82 Å². The van der Waals surface area contributed by atoms with Crippen molar-refractivity contribution >= 4 is 17.6 Å². The molecule has 0 unspecified atom stereocenters. The Morgan fingerprint density at radius 1 is 1.36 bits per heavy atom. The van der Waals surface area contributed by atoms with Gasteiger partial charge in [0.05, 0.1) is 6.54 Å². The van der Waals surface area contributed by atoms with E-state index in [1.165, 1.54) is 0 Å². The number of likely N-dealkylation sites (tertiary alicyclic amines) is 1. The summed E-state index contributed by atoms with van der Waals surface area (Å²) in [5.74, 6) is 0.457. The van der Waals surface area contributed by atoms with Gasteiger partial charge in [0.25, 0.3) is 0 Å². The summed E-state index contributed by atoms with van der Waals surface area (Å²) >= 11 is 0. The third-order valence-electron chi connectivity index (χ3n) is 4.23. The van der Waals surface area contributed by atoms with Gasteiger partial charge in [0.2, 0.25) is 11.8 Å². The predicted molar refractivity (Wildman–Crippen MR) is 98.2 cm³/mol. The fraction of sp³-hybridized carbons (Fsp3) is 0.722. The molecule has 1 atom stereocenters. The number of hydrogen-bond donors (Lipinski definition) is 1. The van der Waals surface area contributed by atoms with E-state index >= 15 is 0 Å². The van der Waals surface area contributed by atoms with Gasteiger partial charge in [0.1, 0.15) is 6.04 Å². The van der Waals surface area contributed by atoms with Gasteiger partial charge >= 0.3 is 0 Å². The van der Waals surface area contributed by atoms with Gasteiger partial charge in [-0.3, -0.25) is 14.3 Å². The normalized spacial score (nSPS) is 18.0. The monoisotopic (exact) mass is 349 g/mol. The van der Waals surface area contributed by atoms with E-state index < -0.39 is 0 Å². The van der Waals surface area contributed by atoms with Crippen LogP contribution in [0.25, 0.3) is 0 Å². The molecule has 2 heterocycles. The molecule has 7 heteroatoms. The Morgan fingerprint density at radius 2 is 2.08 bits per heavy atom. The average Bonchev–Trinajstić information content (AvgIpc) is 3.12. The van der Waals surface area contributed by atoms with Crippen molar-refractivity contribution < 1.29 is 9.59 Å². The molecule has 0 saturated carbocycles. The lowest BCUT2D eigenvalue weighted by Crippen LogP contribution is -2.44. The number of carbonyl (C=O) groups excluding carboxylic acids is 2. The van der Waals surface area contributed by atoms with Gasteiger partial charge in [0.15, 0.2) is 5.82 Å². The zero-order valence-electron chi connectivity index (χ0n) is 16.1. The standard InChI is InChI=1S/C18H31N5O2/c1-18(2,3)13-16(24)23-9-6-7-14(23)17(25)19-15-8-10-22(20-15)12-11-21(4)5/h8,10,14H,6-7,9,11-13H2,1-5H3,(H,19,20,25)/t14-/m1/s1. The first-order chi connectivity index (χ1) is 11.7. The van der Waals surface area contributed by atoms with Crippen molar-refractivity contribution in [3.63, 3.8) is 0 Å². The fourth-order valence-electron chi connectivity index (χ4n) is 2.96. The topological polar surface area (TPSA) is 70.5 Å². The number of nitrogens with zero attached hydrogens (tertiary/aromatic N) is 4. The van der Waals surface area contributed by atoms with E-state index in [0.717, 1.165) is 19.5 Å². The molecule has 1 fully saturated rings. The number of amides is 2. The van der Waals surface area contributed by atoms with Gasteiger partial charge in [-0.1, -0.05) is 20.8 Å². The van der Waals surface area contributed by atoms with Crippen molar-refractivity contribution in [1.29, 1.82) is 0 Å². The first-order valence-corrected chi connectivity index (χ1v) is 8.94. The predicted octanol–water partition coefficient (Wildman–Crippen LogP) is 1.81. The highest BCUT2D eigenvalue weighted by atomic mass is 16.2. The van der Waals surface area contributed by atoms with Crippen LogP contribution in [0.3, 0.4) is 0 Å². The van der Waals surface area contributed by atoms with Crippen LogP contribution in [0.15, 0.2) is 12.3 Å². The summed E-state index contributed by atoms with van der Waals surface area (Å²) in [6.07, 6.45) is 3.89. The van der Waals surface area contributed by atoms with Gasteiger partial charge < -0.3 is 15.1 Å². The summed E-state index contributed by atoms with van der Waals surface area (Å²) < 4.78 is 1.81. The molecule has 0 bridgehead atoms. The third kappa shape index (κ3) is 5.85. The second-order valence-corrected chi connectivity index (χ2v) is 8.24. The van der Waals surface area contributed by atoms with Crippen LogP contribution in [0, 0.1) is 5.41 Å². The molecule has 0 aromatic carbocycles. The van der Waals surface area contributed by atoms with Crippen molar-refractivity contribution in [3.8, 4) is 0 Å². The van der Waals surface area contributed by atoms with Crippen LogP contribution in [0.1, 0.15) is 40.0 Å². The maximum atomic E-state index is 12.6. The Hall–Kier alpha value is -1.89. The molecule has 2 amide bonds. The SMILES string of the molecule is CN(C)CCn1ccc(NC(=O)[C@H]2CCCN2C(=O)CC(C)(C)C)n1. The zero-order chi connectivity index (χ0) is 18.6. The molecular weight excluding hydrogens is 318 g/mol. The van der Waals surface area contributed by atoms with E-state index in [0.29, 0.717) is 25.2 Å². The third-order valence-corrected chi connectivity index (χ3v) is 4.23. The number of rotatable bonds is 6. The molecule has 7 nitrogen and oxygen atoms in total. The largest absolute Gasteiger partial charge is 0.331 e.